The van der Waals surface area contributed by atoms with Gasteiger partial charge in [0.1, 0.15) is 5.82 Å². The van der Waals surface area contributed by atoms with E-state index < -0.39 is 0 Å². The summed E-state index contributed by atoms with van der Waals surface area (Å²) in [6, 6.07) is 3.75. The number of carbonyl (C=O) groups excluding carboxylic acids is 1. The fraction of sp³-hybridized carbons (Fsp3) is 0.538. The summed E-state index contributed by atoms with van der Waals surface area (Å²) in [5, 5.41) is 5.88. The number of rotatable bonds is 5. The van der Waals surface area contributed by atoms with E-state index in [-0.39, 0.29) is 11.9 Å². The van der Waals surface area contributed by atoms with E-state index in [1.807, 2.05) is 6.92 Å². The molecule has 0 radical (unpaired) electrons. The molecular formula is C13H21N3O. The fourth-order valence-corrected chi connectivity index (χ4v) is 1.75. The molecule has 1 rings (SSSR count). The average Bonchev–Trinajstić information content (AvgIpc) is 2.28. The van der Waals surface area contributed by atoms with Crippen LogP contribution in [0.15, 0.2) is 18.3 Å². The molecule has 0 fully saturated rings. The molecule has 1 aromatic rings. The third-order valence-corrected chi connectivity index (χ3v) is 2.48. The van der Waals surface area contributed by atoms with Gasteiger partial charge in [0.05, 0.1) is 5.56 Å². The van der Waals surface area contributed by atoms with Crippen LogP contribution in [0.4, 0.5) is 5.82 Å². The van der Waals surface area contributed by atoms with Crippen LogP contribution < -0.4 is 10.6 Å². The summed E-state index contributed by atoms with van der Waals surface area (Å²) in [6.45, 7) is 6.31. The number of nitrogens with one attached hydrogen (secondary N) is 2. The second kappa shape index (κ2) is 6.23. The quantitative estimate of drug-likeness (QED) is 0.823. The van der Waals surface area contributed by atoms with Crippen molar-refractivity contribution in [1.29, 1.82) is 0 Å². The second-order valence-electron chi connectivity index (χ2n) is 4.69. The van der Waals surface area contributed by atoms with Crippen molar-refractivity contribution < 1.29 is 4.79 Å². The van der Waals surface area contributed by atoms with E-state index in [9.17, 15) is 4.79 Å². The highest BCUT2D eigenvalue weighted by Crippen LogP contribution is 2.07. The maximum atomic E-state index is 11.9. The lowest BCUT2D eigenvalue weighted by molar-refractivity contribution is 0.0936. The third-order valence-electron chi connectivity index (χ3n) is 2.48. The van der Waals surface area contributed by atoms with E-state index in [0.717, 1.165) is 12.2 Å². The topological polar surface area (TPSA) is 54.0 Å². The SMILES string of the molecule is CNc1ccc(C(=O)NC(C)CC(C)C)cn1. The van der Waals surface area contributed by atoms with Crippen LogP contribution in [0, 0.1) is 5.92 Å². The van der Waals surface area contributed by atoms with Crippen molar-refractivity contribution in [2.75, 3.05) is 12.4 Å². The van der Waals surface area contributed by atoms with E-state index in [0.29, 0.717) is 11.5 Å². The molecule has 2 N–H and O–H groups in total. The normalized spacial score (nSPS) is 12.3. The Hall–Kier alpha value is -1.58. The first-order valence-electron chi connectivity index (χ1n) is 5.97. The number of amides is 1. The van der Waals surface area contributed by atoms with Crippen LogP contribution in [0.2, 0.25) is 0 Å². The van der Waals surface area contributed by atoms with E-state index in [4.69, 9.17) is 0 Å². The Balaban J connectivity index is 2.57. The smallest absolute Gasteiger partial charge is 0.253 e. The van der Waals surface area contributed by atoms with E-state index >= 15 is 0 Å². The molecule has 4 heteroatoms. The Morgan fingerprint density at radius 1 is 1.35 bits per heavy atom. The maximum absolute atomic E-state index is 11.9. The Bertz CT molecular complexity index is 359. The van der Waals surface area contributed by atoms with Crippen LogP contribution >= 0.6 is 0 Å². The summed E-state index contributed by atoms with van der Waals surface area (Å²) in [5.74, 6) is 1.28. The molecule has 0 aromatic carbocycles. The zero-order valence-corrected chi connectivity index (χ0v) is 10.9. The van der Waals surface area contributed by atoms with Gasteiger partial charge in [-0.05, 0) is 31.4 Å². The molecule has 94 valence electrons. The number of pyridine rings is 1. The zero-order chi connectivity index (χ0) is 12.8. The molecule has 1 atom stereocenters. The van der Waals surface area contributed by atoms with Gasteiger partial charge in [0.2, 0.25) is 0 Å². The Labute approximate surface area is 103 Å². The number of hydrogen-bond donors (Lipinski definition) is 2. The molecule has 0 aliphatic rings. The van der Waals surface area contributed by atoms with Gasteiger partial charge in [0.15, 0.2) is 0 Å². The summed E-state index contributed by atoms with van der Waals surface area (Å²) in [5.41, 5.74) is 0.597. The summed E-state index contributed by atoms with van der Waals surface area (Å²) in [7, 11) is 1.80. The predicted octanol–water partition coefficient (Wildman–Crippen LogP) is 2.29. The lowest BCUT2D eigenvalue weighted by Crippen LogP contribution is -2.33. The number of anilines is 1. The second-order valence-corrected chi connectivity index (χ2v) is 4.69. The minimum Gasteiger partial charge on any atom is -0.373 e. The Kier molecular flexibility index (Phi) is 4.94. The first-order chi connectivity index (χ1) is 8.02. The van der Waals surface area contributed by atoms with Crippen LogP contribution in [0.3, 0.4) is 0 Å². The van der Waals surface area contributed by atoms with Crippen molar-refractivity contribution in [3.05, 3.63) is 23.9 Å². The number of carbonyl (C=O) groups is 1. The standard InChI is InChI=1S/C13H21N3O/c1-9(2)7-10(3)16-13(17)11-5-6-12(14-4)15-8-11/h5-6,8-10H,7H2,1-4H3,(H,14,15)(H,16,17). The van der Waals surface area contributed by atoms with Crippen molar-refractivity contribution in [1.82, 2.24) is 10.3 Å². The summed E-state index contributed by atoms with van der Waals surface area (Å²) in [4.78, 5) is 16.0. The molecule has 0 saturated carbocycles. The van der Waals surface area contributed by atoms with Crippen molar-refractivity contribution in [2.24, 2.45) is 5.92 Å². The summed E-state index contributed by atoms with van der Waals surface area (Å²) >= 11 is 0. The molecule has 0 aliphatic carbocycles. The summed E-state index contributed by atoms with van der Waals surface area (Å²) in [6.07, 6.45) is 2.57. The van der Waals surface area contributed by atoms with Crippen LogP contribution in [-0.2, 0) is 0 Å². The lowest BCUT2D eigenvalue weighted by atomic mass is 10.1. The van der Waals surface area contributed by atoms with Gasteiger partial charge in [-0.15, -0.1) is 0 Å². The van der Waals surface area contributed by atoms with Crippen LogP contribution in [0.1, 0.15) is 37.6 Å². The molecule has 1 amide bonds. The molecule has 1 aromatic heterocycles. The minimum absolute atomic E-state index is 0.0618. The molecular weight excluding hydrogens is 214 g/mol. The largest absolute Gasteiger partial charge is 0.373 e. The van der Waals surface area contributed by atoms with Gasteiger partial charge >= 0.3 is 0 Å². The van der Waals surface area contributed by atoms with Crippen molar-refractivity contribution >= 4 is 11.7 Å². The van der Waals surface area contributed by atoms with E-state index in [2.05, 4.69) is 29.5 Å². The van der Waals surface area contributed by atoms with Crippen molar-refractivity contribution in [3.63, 3.8) is 0 Å². The maximum Gasteiger partial charge on any atom is 0.253 e. The zero-order valence-electron chi connectivity index (χ0n) is 10.9. The molecule has 1 unspecified atom stereocenters. The monoisotopic (exact) mass is 235 g/mol. The van der Waals surface area contributed by atoms with Gasteiger partial charge < -0.3 is 10.6 Å². The number of nitrogens with zero attached hydrogens (tertiary/aromatic N) is 1. The first kappa shape index (κ1) is 13.5. The van der Waals surface area contributed by atoms with Crippen LogP contribution in [-0.4, -0.2) is 24.0 Å². The molecule has 1 heterocycles. The van der Waals surface area contributed by atoms with Gasteiger partial charge in [-0.2, -0.15) is 0 Å². The lowest BCUT2D eigenvalue weighted by Gasteiger charge is -2.15. The van der Waals surface area contributed by atoms with E-state index in [1.54, 1.807) is 25.4 Å². The molecule has 17 heavy (non-hydrogen) atoms. The van der Waals surface area contributed by atoms with Gasteiger partial charge in [-0.1, -0.05) is 13.8 Å². The average molecular weight is 235 g/mol. The molecule has 0 spiro atoms. The number of aromatic nitrogens is 1. The van der Waals surface area contributed by atoms with Crippen LogP contribution in [0.25, 0.3) is 0 Å². The summed E-state index contributed by atoms with van der Waals surface area (Å²) < 4.78 is 0. The molecule has 0 saturated heterocycles. The van der Waals surface area contributed by atoms with E-state index in [1.165, 1.54) is 0 Å². The van der Waals surface area contributed by atoms with Gasteiger partial charge in [0, 0.05) is 19.3 Å². The number of hydrogen-bond acceptors (Lipinski definition) is 3. The van der Waals surface area contributed by atoms with Gasteiger partial charge in [-0.3, -0.25) is 4.79 Å². The molecule has 0 aliphatic heterocycles. The molecule has 0 bridgehead atoms. The fourth-order valence-electron chi connectivity index (χ4n) is 1.75. The molecule has 4 nitrogen and oxygen atoms in total. The van der Waals surface area contributed by atoms with Gasteiger partial charge in [-0.25, -0.2) is 4.98 Å². The van der Waals surface area contributed by atoms with Crippen molar-refractivity contribution in [3.8, 4) is 0 Å². The minimum atomic E-state index is -0.0618. The highest BCUT2D eigenvalue weighted by Gasteiger charge is 2.11. The third kappa shape index (κ3) is 4.43. The van der Waals surface area contributed by atoms with Gasteiger partial charge in [0.25, 0.3) is 5.91 Å². The predicted molar refractivity (Wildman–Crippen MR) is 70.2 cm³/mol. The first-order valence-corrected chi connectivity index (χ1v) is 5.97. The highest BCUT2D eigenvalue weighted by molar-refractivity contribution is 5.94. The Morgan fingerprint density at radius 2 is 2.06 bits per heavy atom. The van der Waals surface area contributed by atoms with Crippen molar-refractivity contribution in [2.45, 2.75) is 33.2 Å². The Morgan fingerprint density at radius 3 is 2.53 bits per heavy atom. The highest BCUT2D eigenvalue weighted by atomic mass is 16.1. The van der Waals surface area contributed by atoms with Crippen LogP contribution in [0.5, 0.6) is 0 Å².